The SMILES string of the molecule is [C-]#[N+]c1ccc([C@@H](C)N2CCN(c3ccc(CCO)cc3C#N)[C@H](c3ccc(Cl)cc3)C2)cc1. The maximum Gasteiger partial charge on any atom is 0.187 e. The van der Waals surface area contributed by atoms with E-state index in [0.717, 1.165) is 36.4 Å². The van der Waals surface area contributed by atoms with Crippen molar-refractivity contribution in [3.8, 4) is 6.07 Å². The number of nitrogens with zero attached hydrogens (tertiary/aromatic N) is 4. The molecule has 5 nitrogen and oxygen atoms in total. The third-order valence-electron chi connectivity index (χ3n) is 6.61. The number of halogens is 1. The zero-order valence-corrected chi connectivity index (χ0v) is 19.9. The highest BCUT2D eigenvalue weighted by Gasteiger charge is 2.32. The molecule has 1 aliphatic heterocycles. The van der Waals surface area contributed by atoms with E-state index in [4.69, 9.17) is 18.2 Å². The van der Waals surface area contributed by atoms with Gasteiger partial charge in [0.2, 0.25) is 0 Å². The molecule has 4 rings (SSSR count). The summed E-state index contributed by atoms with van der Waals surface area (Å²) < 4.78 is 0. The summed E-state index contributed by atoms with van der Waals surface area (Å²) in [7, 11) is 0. The van der Waals surface area contributed by atoms with E-state index in [2.05, 4.69) is 39.8 Å². The predicted molar refractivity (Wildman–Crippen MR) is 136 cm³/mol. The normalized spacial score (nSPS) is 17.1. The van der Waals surface area contributed by atoms with Crippen LogP contribution < -0.4 is 4.90 Å². The first-order chi connectivity index (χ1) is 16.5. The Hall–Kier alpha value is -3.35. The van der Waals surface area contributed by atoms with Gasteiger partial charge in [0.25, 0.3) is 0 Å². The highest BCUT2D eigenvalue weighted by Crippen LogP contribution is 2.36. The van der Waals surface area contributed by atoms with Crippen molar-refractivity contribution in [2.24, 2.45) is 0 Å². The minimum atomic E-state index is 0.0479. The van der Waals surface area contributed by atoms with Gasteiger partial charge in [-0.3, -0.25) is 4.90 Å². The molecule has 172 valence electrons. The van der Waals surface area contributed by atoms with Crippen molar-refractivity contribution in [1.29, 1.82) is 5.26 Å². The maximum absolute atomic E-state index is 9.88. The van der Waals surface area contributed by atoms with Crippen LogP contribution in [0.25, 0.3) is 4.85 Å². The molecule has 0 bridgehead atoms. The molecule has 0 spiro atoms. The number of hydrogen-bond acceptors (Lipinski definition) is 4. The standard InChI is InChI=1S/C28H27ClN4O/c1-20(22-6-10-26(31-2)11-7-22)32-14-15-33(28(19-32)23-4-8-25(29)9-5-23)27-12-3-21(13-16-34)17-24(27)18-30/h3-12,17,20,28,34H,13-16,19H2,1H3/t20-,28+/m1/s1. The zero-order chi connectivity index (χ0) is 24.1. The Kier molecular flexibility index (Phi) is 7.50. The monoisotopic (exact) mass is 470 g/mol. The third-order valence-corrected chi connectivity index (χ3v) is 6.86. The molecule has 0 aliphatic carbocycles. The van der Waals surface area contributed by atoms with Crippen molar-refractivity contribution in [1.82, 2.24) is 4.90 Å². The van der Waals surface area contributed by atoms with Crippen LogP contribution in [0.5, 0.6) is 0 Å². The van der Waals surface area contributed by atoms with E-state index in [1.54, 1.807) is 0 Å². The predicted octanol–water partition coefficient (Wildman–Crippen LogP) is 5.92. The topological polar surface area (TPSA) is 54.9 Å². The first-order valence-corrected chi connectivity index (χ1v) is 11.8. The van der Waals surface area contributed by atoms with E-state index in [9.17, 15) is 10.4 Å². The number of benzene rings is 3. The summed E-state index contributed by atoms with van der Waals surface area (Å²) in [4.78, 5) is 8.27. The van der Waals surface area contributed by atoms with E-state index in [-0.39, 0.29) is 18.7 Å². The molecule has 0 unspecified atom stereocenters. The molecule has 0 aromatic heterocycles. The Morgan fingerprint density at radius 2 is 1.85 bits per heavy atom. The van der Waals surface area contributed by atoms with Crippen LogP contribution in [-0.4, -0.2) is 36.2 Å². The molecule has 3 aromatic carbocycles. The minimum Gasteiger partial charge on any atom is -0.396 e. The van der Waals surface area contributed by atoms with Crippen LogP contribution in [0.2, 0.25) is 5.02 Å². The second kappa shape index (κ2) is 10.7. The van der Waals surface area contributed by atoms with Gasteiger partial charge in [-0.1, -0.05) is 54.1 Å². The number of aliphatic hydroxyl groups excluding tert-OH is 1. The molecule has 1 saturated heterocycles. The molecule has 1 aliphatic rings. The second-order valence-electron chi connectivity index (χ2n) is 8.57. The maximum atomic E-state index is 9.88. The first kappa shape index (κ1) is 23.8. The Morgan fingerprint density at radius 1 is 1.12 bits per heavy atom. The molecule has 3 aromatic rings. The van der Waals surface area contributed by atoms with Gasteiger partial charge in [-0.2, -0.15) is 5.26 Å². The lowest BCUT2D eigenvalue weighted by Crippen LogP contribution is -2.49. The van der Waals surface area contributed by atoms with Gasteiger partial charge in [-0.25, -0.2) is 4.85 Å². The van der Waals surface area contributed by atoms with Gasteiger partial charge in [0.05, 0.1) is 23.9 Å². The number of rotatable bonds is 6. The Labute approximate surface area is 206 Å². The molecule has 0 saturated carbocycles. The van der Waals surface area contributed by atoms with Crippen LogP contribution in [0.3, 0.4) is 0 Å². The Balaban J connectivity index is 1.66. The summed E-state index contributed by atoms with van der Waals surface area (Å²) in [6.07, 6.45) is 0.535. The van der Waals surface area contributed by atoms with Gasteiger partial charge >= 0.3 is 0 Å². The van der Waals surface area contributed by atoms with Crippen LogP contribution in [-0.2, 0) is 6.42 Å². The average Bonchev–Trinajstić information content (AvgIpc) is 2.88. The summed E-state index contributed by atoms with van der Waals surface area (Å²) in [6, 6.07) is 24.3. The quantitative estimate of drug-likeness (QED) is 0.454. The van der Waals surface area contributed by atoms with E-state index >= 15 is 0 Å². The highest BCUT2D eigenvalue weighted by atomic mass is 35.5. The van der Waals surface area contributed by atoms with Crippen LogP contribution in [0.1, 0.15) is 41.3 Å². The number of aliphatic hydroxyl groups is 1. The van der Waals surface area contributed by atoms with Gasteiger partial charge in [0.1, 0.15) is 6.07 Å². The van der Waals surface area contributed by atoms with Crippen LogP contribution >= 0.6 is 11.6 Å². The fraction of sp³-hybridized carbons (Fsp3) is 0.286. The Bertz CT molecular complexity index is 1210. The van der Waals surface area contributed by atoms with Crippen molar-refractivity contribution in [2.45, 2.75) is 25.4 Å². The van der Waals surface area contributed by atoms with Crippen molar-refractivity contribution in [3.63, 3.8) is 0 Å². The summed E-state index contributed by atoms with van der Waals surface area (Å²) >= 11 is 6.17. The van der Waals surface area contributed by atoms with Crippen molar-refractivity contribution in [3.05, 3.63) is 105 Å². The van der Waals surface area contributed by atoms with E-state index in [0.29, 0.717) is 22.7 Å². The lowest BCUT2D eigenvalue weighted by atomic mass is 9.97. The smallest absolute Gasteiger partial charge is 0.187 e. The van der Waals surface area contributed by atoms with Gasteiger partial charge in [-0.15, -0.1) is 0 Å². The van der Waals surface area contributed by atoms with Crippen LogP contribution in [0, 0.1) is 17.9 Å². The highest BCUT2D eigenvalue weighted by molar-refractivity contribution is 6.30. The minimum absolute atomic E-state index is 0.0479. The van der Waals surface area contributed by atoms with Crippen molar-refractivity contribution >= 4 is 23.0 Å². The summed E-state index contributed by atoms with van der Waals surface area (Å²) in [5.74, 6) is 0. The molecule has 1 N–H and O–H groups in total. The molecular formula is C28H27ClN4O. The molecule has 1 fully saturated rings. The van der Waals surface area contributed by atoms with Gasteiger partial charge in [0.15, 0.2) is 5.69 Å². The third kappa shape index (κ3) is 5.08. The van der Waals surface area contributed by atoms with E-state index < -0.39 is 0 Å². The number of nitriles is 1. The van der Waals surface area contributed by atoms with Crippen LogP contribution in [0.4, 0.5) is 11.4 Å². The van der Waals surface area contributed by atoms with Gasteiger partial charge in [-0.05, 0) is 54.3 Å². The first-order valence-electron chi connectivity index (χ1n) is 11.4. The zero-order valence-electron chi connectivity index (χ0n) is 19.2. The number of hydrogen-bond donors (Lipinski definition) is 1. The lowest BCUT2D eigenvalue weighted by molar-refractivity contribution is 0.171. The van der Waals surface area contributed by atoms with Gasteiger partial charge in [0, 0.05) is 37.3 Å². The average molecular weight is 471 g/mol. The molecule has 6 heteroatoms. The fourth-order valence-electron chi connectivity index (χ4n) is 4.66. The fourth-order valence-corrected chi connectivity index (χ4v) is 4.79. The molecule has 0 radical (unpaired) electrons. The van der Waals surface area contributed by atoms with Crippen molar-refractivity contribution in [2.75, 3.05) is 31.1 Å². The summed E-state index contributed by atoms with van der Waals surface area (Å²) in [5, 5.41) is 19.9. The number of anilines is 1. The Morgan fingerprint density at radius 3 is 2.50 bits per heavy atom. The lowest BCUT2D eigenvalue weighted by Gasteiger charge is -2.45. The second-order valence-corrected chi connectivity index (χ2v) is 9.01. The summed E-state index contributed by atoms with van der Waals surface area (Å²) in [6.45, 7) is 11.9. The molecule has 2 atom stereocenters. The largest absolute Gasteiger partial charge is 0.396 e. The molecule has 0 amide bonds. The van der Waals surface area contributed by atoms with Crippen LogP contribution in [0.15, 0.2) is 66.7 Å². The van der Waals surface area contributed by atoms with E-state index in [1.807, 2.05) is 54.6 Å². The number of piperazine rings is 1. The van der Waals surface area contributed by atoms with Crippen molar-refractivity contribution < 1.29 is 5.11 Å². The van der Waals surface area contributed by atoms with E-state index in [1.165, 1.54) is 5.56 Å². The summed E-state index contributed by atoms with van der Waals surface area (Å²) in [5.41, 5.74) is 5.48. The molecule has 34 heavy (non-hydrogen) atoms. The van der Waals surface area contributed by atoms with Gasteiger partial charge < -0.3 is 10.0 Å². The molecule has 1 heterocycles. The molecular weight excluding hydrogens is 444 g/mol.